The van der Waals surface area contributed by atoms with E-state index in [1.54, 1.807) is 0 Å². The number of benzene rings is 1. The van der Waals surface area contributed by atoms with Gasteiger partial charge in [0.2, 0.25) is 0 Å². The summed E-state index contributed by atoms with van der Waals surface area (Å²) in [4.78, 5) is 0. The number of aryl methyl sites for hydroxylation is 1. The van der Waals surface area contributed by atoms with E-state index in [-0.39, 0.29) is 5.54 Å². The molecule has 0 saturated carbocycles. The van der Waals surface area contributed by atoms with Crippen molar-refractivity contribution in [3.05, 3.63) is 53.3 Å². The Morgan fingerprint density at radius 3 is 2.88 bits per heavy atom. The Labute approximate surface area is 101 Å². The molecule has 0 saturated heterocycles. The Morgan fingerprint density at radius 1 is 1.29 bits per heavy atom. The molecule has 3 nitrogen and oxygen atoms in total. The van der Waals surface area contributed by atoms with E-state index in [4.69, 9.17) is 0 Å². The zero-order chi connectivity index (χ0) is 11.7. The van der Waals surface area contributed by atoms with Crippen LogP contribution in [0.3, 0.4) is 0 Å². The highest BCUT2D eigenvalue weighted by molar-refractivity contribution is 5.40. The molecule has 2 N–H and O–H groups in total. The van der Waals surface area contributed by atoms with Gasteiger partial charge >= 0.3 is 0 Å². The first-order valence-electron chi connectivity index (χ1n) is 6.14. The van der Waals surface area contributed by atoms with E-state index in [1.807, 2.05) is 13.2 Å². The van der Waals surface area contributed by atoms with Crippen LogP contribution in [0.25, 0.3) is 0 Å². The fourth-order valence-corrected chi connectivity index (χ4v) is 2.94. The molecule has 3 rings (SSSR count). The van der Waals surface area contributed by atoms with Gasteiger partial charge in [-0.05, 0) is 37.4 Å². The first kappa shape index (κ1) is 10.5. The second-order valence-corrected chi connectivity index (χ2v) is 4.65. The van der Waals surface area contributed by atoms with Gasteiger partial charge in [-0.25, -0.2) is 0 Å². The van der Waals surface area contributed by atoms with Crippen LogP contribution in [0, 0.1) is 0 Å². The zero-order valence-corrected chi connectivity index (χ0v) is 10.0. The lowest BCUT2D eigenvalue weighted by Crippen LogP contribution is -2.44. The summed E-state index contributed by atoms with van der Waals surface area (Å²) >= 11 is 0. The van der Waals surface area contributed by atoms with E-state index in [0.717, 1.165) is 12.8 Å². The third kappa shape index (κ3) is 1.50. The van der Waals surface area contributed by atoms with Crippen molar-refractivity contribution < 1.29 is 0 Å². The maximum Gasteiger partial charge on any atom is 0.0858 e. The molecule has 17 heavy (non-hydrogen) atoms. The summed E-state index contributed by atoms with van der Waals surface area (Å²) < 4.78 is 0. The molecule has 2 aromatic rings. The molecule has 0 aliphatic heterocycles. The highest BCUT2D eigenvalue weighted by Crippen LogP contribution is 2.38. The van der Waals surface area contributed by atoms with E-state index in [1.165, 1.54) is 23.2 Å². The molecule has 3 heteroatoms. The Kier molecular flexibility index (Phi) is 2.48. The van der Waals surface area contributed by atoms with Gasteiger partial charge in [0.15, 0.2) is 0 Å². The number of rotatable bonds is 2. The lowest BCUT2D eigenvalue weighted by molar-refractivity contribution is 0.361. The first-order valence-corrected chi connectivity index (χ1v) is 6.14. The van der Waals surface area contributed by atoms with Crippen molar-refractivity contribution in [3.8, 4) is 0 Å². The molecular weight excluding hydrogens is 210 g/mol. The number of aromatic nitrogens is 2. The molecule has 1 heterocycles. The topological polar surface area (TPSA) is 40.7 Å². The van der Waals surface area contributed by atoms with Crippen LogP contribution in [0.5, 0.6) is 0 Å². The summed E-state index contributed by atoms with van der Waals surface area (Å²) in [5, 5.41) is 10.9. The zero-order valence-electron chi connectivity index (χ0n) is 10.0. The fraction of sp³-hybridized carbons (Fsp3) is 0.357. The van der Waals surface area contributed by atoms with Crippen LogP contribution >= 0.6 is 0 Å². The number of hydrogen-bond donors (Lipinski definition) is 2. The van der Waals surface area contributed by atoms with Crippen LogP contribution in [-0.4, -0.2) is 17.2 Å². The number of fused-ring (bicyclic) bond motifs is 1. The van der Waals surface area contributed by atoms with E-state index >= 15 is 0 Å². The average Bonchev–Trinajstić information content (AvgIpc) is 2.88. The second-order valence-electron chi connectivity index (χ2n) is 4.65. The molecule has 0 radical (unpaired) electrons. The first-order chi connectivity index (χ1) is 8.37. The summed E-state index contributed by atoms with van der Waals surface area (Å²) in [6.45, 7) is 0. The number of aromatic amines is 1. The Morgan fingerprint density at radius 2 is 2.12 bits per heavy atom. The van der Waals surface area contributed by atoms with Crippen LogP contribution in [-0.2, 0) is 12.0 Å². The predicted molar refractivity (Wildman–Crippen MR) is 67.8 cm³/mol. The standard InChI is InChI=1S/C14H17N3/c1-15-14(12-7-3-2-4-8-12)9-5-6-11-10-16-17-13(11)14/h2-4,7-8,10,15H,5-6,9H2,1H3,(H,16,17). The molecule has 1 aromatic carbocycles. The van der Waals surface area contributed by atoms with Crippen molar-refractivity contribution in [3.63, 3.8) is 0 Å². The minimum Gasteiger partial charge on any atom is -0.306 e. The maximum atomic E-state index is 4.21. The van der Waals surface area contributed by atoms with Crippen molar-refractivity contribution in [1.29, 1.82) is 0 Å². The van der Waals surface area contributed by atoms with Gasteiger partial charge in [-0.3, -0.25) is 5.10 Å². The number of nitrogens with one attached hydrogen (secondary N) is 2. The molecule has 0 amide bonds. The average molecular weight is 227 g/mol. The van der Waals surface area contributed by atoms with Gasteiger partial charge in [-0.15, -0.1) is 0 Å². The van der Waals surface area contributed by atoms with Gasteiger partial charge in [-0.1, -0.05) is 30.3 Å². The number of nitrogens with zero attached hydrogens (tertiary/aromatic N) is 1. The molecule has 0 bridgehead atoms. The minimum absolute atomic E-state index is 0.0919. The number of H-pyrrole nitrogens is 1. The summed E-state index contributed by atoms with van der Waals surface area (Å²) in [5.74, 6) is 0. The van der Waals surface area contributed by atoms with Crippen molar-refractivity contribution in [2.45, 2.75) is 24.8 Å². The molecule has 0 fully saturated rings. The molecule has 1 aliphatic carbocycles. The molecule has 1 unspecified atom stereocenters. The largest absolute Gasteiger partial charge is 0.306 e. The van der Waals surface area contributed by atoms with Crippen molar-refractivity contribution in [1.82, 2.24) is 15.5 Å². The molecule has 1 aromatic heterocycles. The summed E-state index contributed by atoms with van der Waals surface area (Å²) in [6, 6.07) is 10.6. The van der Waals surface area contributed by atoms with Crippen LogP contribution in [0.4, 0.5) is 0 Å². The lowest BCUT2D eigenvalue weighted by atomic mass is 9.76. The molecule has 88 valence electrons. The van der Waals surface area contributed by atoms with E-state index in [9.17, 15) is 0 Å². The molecule has 1 atom stereocenters. The lowest BCUT2D eigenvalue weighted by Gasteiger charge is -2.37. The molecule has 1 aliphatic rings. The second kappa shape index (κ2) is 4.00. The van der Waals surface area contributed by atoms with E-state index in [2.05, 4.69) is 45.8 Å². The van der Waals surface area contributed by atoms with Crippen molar-refractivity contribution >= 4 is 0 Å². The number of hydrogen-bond acceptors (Lipinski definition) is 2. The summed E-state index contributed by atoms with van der Waals surface area (Å²) in [5.41, 5.74) is 3.80. The Bertz CT molecular complexity index is 503. The van der Waals surface area contributed by atoms with Gasteiger partial charge < -0.3 is 5.32 Å². The Balaban J connectivity index is 2.17. The molecule has 0 spiro atoms. The van der Waals surface area contributed by atoms with E-state index < -0.39 is 0 Å². The van der Waals surface area contributed by atoms with Gasteiger partial charge in [0, 0.05) is 0 Å². The highest BCUT2D eigenvalue weighted by atomic mass is 15.1. The maximum absolute atomic E-state index is 4.21. The minimum atomic E-state index is -0.0919. The van der Waals surface area contributed by atoms with Gasteiger partial charge in [-0.2, -0.15) is 5.10 Å². The third-order valence-corrected chi connectivity index (χ3v) is 3.84. The van der Waals surface area contributed by atoms with Gasteiger partial charge in [0.25, 0.3) is 0 Å². The van der Waals surface area contributed by atoms with Crippen LogP contribution in [0.2, 0.25) is 0 Å². The molecular formula is C14H17N3. The quantitative estimate of drug-likeness (QED) is 0.826. The van der Waals surface area contributed by atoms with Crippen LogP contribution < -0.4 is 5.32 Å². The summed E-state index contributed by atoms with van der Waals surface area (Å²) in [7, 11) is 2.03. The smallest absolute Gasteiger partial charge is 0.0858 e. The summed E-state index contributed by atoms with van der Waals surface area (Å²) in [6.07, 6.45) is 5.40. The Hall–Kier alpha value is -1.61. The van der Waals surface area contributed by atoms with E-state index in [0.29, 0.717) is 0 Å². The van der Waals surface area contributed by atoms with Gasteiger partial charge in [0.05, 0.1) is 17.4 Å². The van der Waals surface area contributed by atoms with Gasteiger partial charge in [0.1, 0.15) is 0 Å². The fourth-order valence-electron chi connectivity index (χ4n) is 2.94. The van der Waals surface area contributed by atoms with Crippen molar-refractivity contribution in [2.24, 2.45) is 0 Å². The predicted octanol–water partition coefficient (Wildman–Crippen LogP) is 2.21. The normalized spacial score (nSPS) is 23.4. The highest BCUT2D eigenvalue weighted by Gasteiger charge is 2.38. The third-order valence-electron chi connectivity index (χ3n) is 3.84. The monoisotopic (exact) mass is 227 g/mol. The SMILES string of the molecule is CNC1(c2ccccc2)CCCc2cn[nH]c21. The van der Waals surface area contributed by atoms with Crippen molar-refractivity contribution in [2.75, 3.05) is 7.05 Å². The van der Waals surface area contributed by atoms with Crippen LogP contribution in [0.1, 0.15) is 29.7 Å². The van der Waals surface area contributed by atoms with Crippen LogP contribution in [0.15, 0.2) is 36.5 Å².